The Morgan fingerprint density at radius 1 is 0.556 bits per heavy atom. The third kappa shape index (κ3) is 3.46. The van der Waals surface area contributed by atoms with Crippen LogP contribution in [0.25, 0.3) is 55.7 Å². The van der Waals surface area contributed by atoms with Gasteiger partial charge in [0.15, 0.2) is 0 Å². The minimum absolute atomic E-state index is 0.0658. The first-order chi connectivity index (χ1) is 22.3. The van der Waals surface area contributed by atoms with E-state index in [9.17, 15) is 0 Å². The molecular formula is C42H28N2O. The normalized spacial score (nSPS) is 16.8. The summed E-state index contributed by atoms with van der Waals surface area (Å²) < 4.78 is 9.14. The van der Waals surface area contributed by atoms with Gasteiger partial charge in [-0.25, -0.2) is 0 Å². The zero-order valence-electron chi connectivity index (χ0n) is 24.5. The maximum Gasteiger partial charge on any atom is 0.134 e. The monoisotopic (exact) mass is 576 g/mol. The molecule has 45 heavy (non-hydrogen) atoms. The van der Waals surface area contributed by atoms with Crippen molar-refractivity contribution in [1.82, 2.24) is 4.57 Å². The number of hydrogen-bond donors (Lipinski definition) is 0. The molecule has 2 aliphatic rings. The highest BCUT2D eigenvalue weighted by atomic mass is 16.3. The van der Waals surface area contributed by atoms with E-state index in [1.807, 2.05) is 0 Å². The second kappa shape index (κ2) is 9.35. The van der Waals surface area contributed by atoms with Crippen molar-refractivity contribution in [2.75, 3.05) is 4.90 Å². The average Bonchev–Trinajstić information content (AvgIpc) is 3.76. The first-order valence-electron chi connectivity index (χ1n) is 15.6. The van der Waals surface area contributed by atoms with Gasteiger partial charge in [-0.2, -0.15) is 0 Å². The van der Waals surface area contributed by atoms with Gasteiger partial charge >= 0.3 is 0 Å². The van der Waals surface area contributed by atoms with Crippen LogP contribution in [-0.4, -0.2) is 10.6 Å². The zero-order chi connectivity index (χ0) is 29.5. The smallest absolute Gasteiger partial charge is 0.134 e. The van der Waals surface area contributed by atoms with Gasteiger partial charge in [0.25, 0.3) is 0 Å². The Bertz CT molecular complexity index is 2450. The van der Waals surface area contributed by atoms with Gasteiger partial charge in [0.2, 0.25) is 0 Å². The van der Waals surface area contributed by atoms with E-state index in [0.717, 1.165) is 17.0 Å². The number of fused-ring (bicyclic) bond motifs is 11. The molecule has 0 N–H and O–H groups in total. The summed E-state index contributed by atoms with van der Waals surface area (Å²) in [6.07, 6.45) is 4.68. The summed E-state index contributed by atoms with van der Waals surface area (Å²) >= 11 is 0. The van der Waals surface area contributed by atoms with E-state index < -0.39 is 0 Å². The molecular weight excluding hydrogens is 548 g/mol. The van der Waals surface area contributed by atoms with Gasteiger partial charge in [0.1, 0.15) is 11.3 Å². The highest BCUT2D eigenvalue weighted by molar-refractivity contribution is 6.17. The van der Waals surface area contributed by atoms with Crippen molar-refractivity contribution in [3.05, 3.63) is 169 Å². The maximum atomic E-state index is 6.73. The van der Waals surface area contributed by atoms with E-state index >= 15 is 0 Å². The lowest BCUT2D eigenvalue weighted by Gasteiger charge is -2.30. The molecule has 0 amide bonds. The van der Waals surface area contributed by atoms with E-state index in [1.54, 1.807) is 0 Å². The van der Waals surface area contributed by atoms with Crippen LogP contribution < -0.4 is 4.90 Å². The van der Waals surface area contributed by atoms with Crippen LogP contribution in [0.4, 0.5) is 11.4 Å². The molecule has 212 valence electrons. The van der Waals surface area contributed by atoms with Gasteiger partial charge in [-0.3, -0.25) is 0 Å². The number of anilines is 2. The van der Waals surface area contributed by atoms with Crippen LogP contribution in [0.3, 0.4) is 0 Å². The number of rotatable bonds is 3. The molecule has 3 heteroatoms. The van der Waals surface area contributed by atoms with Gasteiger partial charge in [-0.15, -0.1) is 0 Å². The molecule has 1 aliphatic heterocycles. The number of hydrogen-bond acceptors (Lipinski definition) is 2. The Morgan fingerprint density at radius 2 is 1.27 bits per heavy atom. The first-order valence-corrected chi connectivity index (χ1v) is 15.6. The second-order valence-corrected chi connectivity index (χ2v) is 12.1. The Labute approximate surface area is 260 Å². The highest BCUT2D eigenvalue weighted by Crippen LogP contribution is 2.56. The van der Waals surface area contributed by atoms with Crippen LogP contribution in [0.1, 0.15) is 22.8 Å². The fourth-order valence-corrected chi connectivity index (χ4v) is 7.85. The SMILES string of the molecule is C1=CC2C(c3ccc4c(c3N2c2cccc(-c3ccccc3)c2)c2ccccc2n4-c2ccccc2)c2oc3ccccc3c21. The third-order valence-electron chi connectivity index (χ3n) is 9.71. The van der Waals surface area contributed by atoms with Crippen LogP contribution in [-0.2, 0) is 0 Å². The number of benzene rings is 6. The lowest BCUT2D eigenvalue weighted by molar-refractivity contribution is 0.505. The average molecular weight is 577 g/mol. The predicted molar refractivity (Wildman–Crippen MR) is 186 cm³/mol. The molecule has 2 unspecified atom stereocenters. The largest absolute Gasteiger partial charge is 0.460 e. The molecule has 3 nitrogen and oxygen atoms in total. The van der Waals surface area contributed by atoms with Crippen LogP contribution in [0.15, 0.2) is 156 Å². The Hall–Kier alpha value is -5.80. The molecule has 3 heterocycles. The summed E-state index contributed by atoms with van der Waals surface area (Å²) in [4.78, 5) is 2.57. The fourth-order valence-electron chi connectivity index (χ4n) is 7.85. The summed E-state index contributed by atoms with van der Waals surface area (Å²) in [5.41, 5.74) is 11.9. The molecule has 0 saturated carbocycles. The number of furan rings is 1. The Kier molecular flexibility index (Phi) is 5.11. The summed E-state index contributed by atoms with van der Waals surface area (Å²) in [6, 6.07) is 52.4. The van der Waals surface area contributed by atoms with Crippen molar-refractivity contribution in [2.24, 2.45) is 0 Å². The standard InChI is InChI=1S/C42H28N2O/c1-3-12-27(13-4-1)28-14-11-17-30(26-28)44-37-24-22-32-31-18-8-10-21-38(31)45-42(32)40(37)34-23-25-36-39(41(34)44)33-19-7-9-20-35(33)43(36)29-15-5-2-6-16-29/h1-26,37,40H. The van der Waals surface area contributed by atoms with E-state index in [1.165, 1.54) is 60.8 Å². The minimum atomic E-state index is 0.0658. The molecule has 6 aromatic carbocycles. The van der Waals surface area contributed by atoms with Crippen molar-refractivity contribution >= 4 is 50.2 Å². The molecule has 0 fully saturated rings. The number of nitrogens with zero attached hydrogens (tertiary/aromatic N) is 2. The Balaban J connectivity index is 1.30. The topological polar surface area (TPSA) is 21.3 Å². The van der Waals surface area contributed by atoms with E-state index in [0.29, 0.717) is 0 Å². The van der Waals surface area contributed by atoms with Gasteiger partial charge in [-0.1, -0.05) is 115 Å². The number of aromatic nitrogens is 1. The van der Waals surface area contributed by atoms with Crippen molar-refractivity contribution < 1.29 is 4.42 Å². The minimum Gasteiger partial charge on any atom is -0.460 e. The molecule has 0 bridgehead atoms. The molecule has 0 saturated heterocycles. The van der Waals surface area contributed by atoms with Crippen LogP contribution >= 0.6 is 0 Å². The highest BCUT2D eigenvalue weighted by Gasteiger charge is 2.45. The van der Waals surface area contributed by atoms with Crippen molar-refractivity contribution in [3.63, 3.8) is 0 Å². The molecule has 1 aliphatic carbocycles. The van der Waals surface area contributed by atoms with E-state index in [2.05, 4.69) is 167 Å². The van der Waals surface area contributed by atoms with Gasteiger partial charge in [0.05, 0.1) is 28.7 Å². The molecule has 2 aromatic heterocycles. The maximum absolute atomic E-state index is 6.73. The quantitative estimate of drug-likeness (QED) is 0.209. The lowest BCUT2D eigenvalue weighted by Crippen LogP contribution is -2.30. The van der Waals surface area contributed by atoms with Gasteiger partial charge in [-0.05, 0) is 59.2 Å². The second-order valence-electron chi connectivity index (χ2n) is 12.1. The summed E-state index contributed by atoms with van der Waals surface area (Å²) in [7, 11) is 0. The molecule has 0 spiro atoms. The van der Waals surface area contributed by atoms with Crippen molar-refractivity contribution in [3.8, 4) is 16.8 Å². The lowest BCUT2D eigenvalue weighted by atomic mass is 9.85. The summed E-state index contributed by atoms with van der Waals surface area (Å²) in [5.74, 6) is 1.12. The zero-order valence-corrected chi connectivity index (χ0v) is 24.5. The number of para-hydroxylation sites is 3. The van der Waals surface area contributed by atoms with Crippen LogP contribution in [0.5, 0.6) is 0 Å². The predicted octanol–water partition coefficient (Wildman–Crippen LogP) is 10.9. The third-order valence-corrected chi connectivity index (χ3v) is 9.71. The molecule has 0 radical (unpaired) electrons. The van der Waals surface area contributed by atoms with E-state index in [4.69, 9.17) is 4.42 Å². The van der Waals surface area contributed by atoms with Crippen LogP contribution in [0, 0.1) is 0 Å². The van der Waals surface area contributed by atoms with Crippen molar-refractivity contribution in [1.29, 1.82) is 0 Å². The molecule has 10 rings (SSSR count). The first kappa shape index (κ1) is 24.6. The van der Waals surface area contributed by atoms with Crippen molar-refractivity contribution in [2.45, 2.75) is 12.0 Å². The Morgan fingerprint density at radius 3 is 2.13 bits per heavy atom. The van der Waals surface area contributed by atoms with Gasteiger partial charge in [0, 0.05) is 33.1 Å². The van der Waals surface area contributed by atoms with Crippen LogP contribution in [0.2, 0.25) is 0 Å². The molecule has 8 aromatic rings. The fraction of sp³-hybridized carbons (Fsp3) is 0.0476. The van der Waals surface area contributed by atoms with Gasteiger partial charge < -0.3 is 13.9 Å². The summed E-state index contributed by atoms with van der Waals surface area (Å²) in [5, 5.41) is 3.71. The van der Waals surface area contributed by atoms with E-state index in [-0.39, 0.29) is 12.0 Å². The summed E-state index contributed by atoms with van der Waals surface area (Å²) in [6.45, 7) is 0. The molecule has 2 atom stereocenters.